The van der Waals surface area contributed by atoms with Gasteiger partial charge in [0.1, 0.15) is 30.8 Å². The molecular weight excluding hydrogens is 483 g/mol. The van der Waals surface area contributed by atoms with E-state index in [2.05, 4.69) is 63.9 Å². The van der Waals surface area contributed by atoms with E-state index in [1.54, 1.807) is 24.4 Å². The first-order valence-electron chi connectivity index (χ1n) is 12.5. The highest BCUT2D eigenvalue weighted by Crippen LogP contribution is 2.52. The summed E-state index contributed by atoms with van der Waals surface area (Å²) in [7, 11) is 0. The largest absolute Gasteiger partial charge is 0.488 e. The van der Waals surface area contributed by atoms with E-state index in [0.29, 0.717) is 47.3 Å². The van der Waals surface area contributed by atoms with E-state index in [1.807, 2.05) is 0 Å². The Kier molecular flexibility index (Phi) is 7.66. The second kappa shape index (κ2) is 10.6. The van der Waals surface area contributed by atoms with Crippen molar-refractivity contribution in [2.24, 2.45) is 10.8 Å². The number of benzene rings is 2. The molecule has 4 rings (SSSR count). The van der Waals surface area contributed by atoms with Gasteiger partial charge < -0.3 is 9.47 Å². The zero-order valence-electron chi connectivity index (χ0n) is 22.1. The molecule has 1 saturated heterocycles. The minimum atomic E-state index is 0.152. The third-order valence-corrected chi connectivity index (χ3v) is 8.46. The minimum absolute atomic E-state index is 0.152. The van der Waals surface area contributed by atoms with Crippen LogP contribution in [0.3, 0.4) is 0 Å². The van der Waals surface area contributed by atoms with Crippen LogP contribution in [0.15, 0.2) is 48.8 Å². The van der Waals surface area contributed by atoms with Crippen molar-refractivity contribution in [3.63, 3.8) is 0 Å². The summed E-state index contributed by atoms with van der Waals surface area (Å²) in [6, 6.07) is 13.4. The SMILES string of the molecule is Cc1c(COc2cc(OCc3cncc(C#N)c3)c(C=O)cc2Cl)cccc1B1CC(C)(C)C(C)(C)C1. The van der Waals surface area contributed by atoms with E-state index in [0.717, 1.165) is 23.8 Å². The van der Waals surface area contributed by atoms with Crippen molar-refractivity contribution in [3.8, 4) is 17.6 Å². The van der Waals surface area contributed by atoms with Crippen molar-refractivity contribution in [1.29, 1.82) is 5.26 Å². The van der Waals surface area contributed by atoms with Gasteiger partial charge in [-0.3, -0.25) is 9.78 Å². The summed E-state index contributed by atoms with van der Waals surface area (Å²) in [5, 5.41) is 9.43. The molecule has 1 aromatic heterocycles. The first-order valence-corrected chi connectivity index (χ1v) is 12.9. The van der Waals surface area contributed by atoms with Crippen LogP contribution in [0.4, 0.5) is 0 Å². The van der Waals surface area contributed by atoms with Gasteiger partial charge in [0, 0.05) is 24.0 Å². The van der Waals surface area contributed by atoms with Crippen molar-refractivity contribution in [1.82, 2.24) is 4.98 Å². The smallest absolute Gasteiger partial charge is 0.177 e. The molecule has 3 aromatic rings. The fraction of sp³-hybridized carbons (Fsp3) is 0.367. The van der Waals surface area contributed by atoms with Gasteiger partial charge in [-0.05, 0) is 35.4 Å². The number of pyridine rings is 1. The fourth-order valence-electron chi connectivity index (χ4n) is 5.20. The number of carbonyl (C=O) groups excluding carboxylic acids is 1. The van der Waals surface area contributed by atoms with Gasteiger partial charge in [0.15, 0.2) is 13.0 Å². The number of hydrogen-bond donors (Lipinski definition) is 0. The summed E-state index contributed by atoms with van der Waals surface area (Å²) in [6.45, 7) is 12.7. The van der Waals surface area contributed by atoms with Crippen LogP contribution in [0.2, 0.25) is 17.7 Å². The molecule has 0 bridgehead atoms. The van der Waals surface area contributed by atoms with Crippen LogP contribution < -0.4 is 14.9 Å². The van der Waals surface area contributed by atoms with Crippen molar-refractivity contribution in [2.75, 3.05) is 0 Å². The molecular formula is C30H32BClN2O3. The highest BCUT2D eigenvalue weighted by atomic mass is 35.5. The first kappa shape index (κ1) is 26.8. The van der Waals surface area contributed by atoms with Gasteiger partial charge in [-0.2, -0.15) is 5.26 Å². The van der Waals surface area contributed by atoms with Crippen LogP contribution in [-0.2, 0) is 13.2 Å². The predicted molar refractivity (Wildman–Crippen MR) is 148 cm³/mol. The molecule has 0 amide bonds. The van der Waals surface area contributed by atoms with E-state index in [9.17, 15) is 4.79 Å². The van der Waals surface area contributed by atoms with Crippen LogP contribution in [0.5, 0.6) is 11.5 Å². The lowest BCUT2D eigenvalue weighted by Crippen LogP contribution is -2.31. The van der Waals surface area contributed by atoms with E-state index >= 15 is 0 Å². The Balaban J connectivity index is 1.51. The van der Waals surface area contributed by atoms with Crippen LogP contribution in [0.1, 0.15) is 60.3 Å². The molecule has 2 heterocycles. The molecule has 0 N–H and O–H groups in total. The van der Waals surface area contributed by atoms with Crippen LogP contribution in [0.25, 0.3) is 0 Å². The number of carbonyl (C=O) groups is 1. The molecule has 2 aromatic carbocycles. The van der Waals surface area contributed by atoms with Gasteiger partial charge in [0.2, 0.25) is 0 Å². The number of aldehydes is 1. The van der Waals surface area contributed by atoms with Gasteiger partial charge in [0.25, 0.3) is 0 Å². The average molecular weight is 515 g/mol. The molecule has 0 aliphatic carbocycles. The standard InChI is InChI=1S/C30H32BClN2O3/c1-20-23(7-6-8-25(20)31-18-29(2,3)30(4,5)19-31)17-37-28-11-27(24(15-35)10-26(28)32)36-16-22-9-21(12-33)13-34-14-22/h6-11,13-15H,16-19H2,1-5H3. The molecule has 5 nitrogen and oxygen atoms in total. The third kappa shape index (κ3) is 5.68. The maximum atomic E-state index is 11.6. The lowest BCUT2D eigenvalue weighted by molar-refractivity contribution is 0.111. The summed E-state index contributed by atoms with van der Waals surface area (Å²) in [6.07, 6.45) is 6.14. The second-order valence-electron chi connectivity index (χ2n) is 11.2. The van der Waals surface area contributed by atoms with E-state index < -0.39 is 0 Å². The maximum absolute atomic E-state index is 11.6. The number of nitrogens with zero attached hydrogens (tertiary/aromatic N) is 2. The molecule has 1 aliphatic heterocycles. The molecule has 37 heavy (non-hydrogen) atoms. The van der Waals surface area contributed by atoms with E-state index in [1.165, 1.54) is 17.2 Å². The van der Waals surface area contributed by atoms with Gasteiger partial charge in [0.05, 0.1) is 16.1 Å². The Labute approximate surface area is 224 Å². The molecule has 7 heteroatoms. The summed E-state index contributed by atoms with van der Waals surface area (Å²) < 4.78 is 12.0. The zero-order chi connectivity index (χ0) is 26.8. The molecule has 190 valence electrons. The number of nitriles is 1. The van der Waals surface area contributed by atoms with Gasteiger partial charge in [-0.1, -0.05) is 81.2 Å². The number of aromatic nitrogens is 1. The predicted octanol–water partition coefficient (Wildman–Crippen LogP) is 6.65. The highest BCUT2D eigenvalue weighted by molar-refractivity contribution is 6.74. The summed E-state index contributed by atoms with van der Waals surface area (Å²) in [5.74, 6) is 0.803. The normalized spacial score (nSPS) is 15.8. The molecule has 0 radical (unpaired) electrons. The van der Waals surface area contributed by atoms with Gasteiger partial charge >= 0.3 is 0 Å². The second-order valence-corrected chi connectivity index (χ2v) is 11.6. The summed E-state index contributed by atoms with van der Waals surface area (Å²) >= 11 is 6.46. The number of ether oxygens (including phenoxy) is 2. The average Bonchev–Trinajstić information content (AvgIpc) is 3.09. The number of rotatable bonds is 8. The highest BCUT2D eigenvalue weighted by Gasteiger charge is 2.48. The van der Waals surface area contributed by atoms with Crippen molar-refractivity contribution in [3.05, 3.63) is 81.6 Å². The Bertz CT molecular complexity index is 1350. The number of hydrogen-bond acceptors (Lipinski definition) is 5. The Morgan fingerprint density at radius 1 is 1.05 bits per heavy atom. The fourth-order valence-corrected chi connectivity index (χ4v) is 5.43. The summed E-state index contributed by atoms with van der Waals surface area (Å²) in [5.41, 5.74) is 5.81. The zero-order valence-corrected chi connectivity index (χ0v) is 22.9. The molecule has 1 fully saturated rings. The molecule has 0 saturated carbocycles. The van der Waals surface area contributed by atoms with Crippen molar-refractivity contribution < 1.29 is 14.3 Å². The van der Waals surface area contributed by atoms with Crippen molar-refractivity contribution in [2.45, 2.75) is 60.5 Å². The van der Waals surface area contributed by atoms with Crippen LogP contribution in [0, 0.1) is 29.1 Å². The third-order valence-electron chi connectivity index (χ3n) is 8.17. The molecule has 0 unspecified atom stereocenters. The minimum Gasteiger partial charge on any atom is -0.488 e. The Morgan fingerprint density at radius 3 is 2.43 bits per heavy atom. The lowest BCUT2D eigenvalue weighted by atomic mass is 9.41. The van der Waals surface area contributed by atoms with Crippen LogP contribution in [-0.4, -0.2) is 18.0 Å². The molecule has 1 aliphatic rings. The van der Waals surface area contributed by atoms with Gasteiger partial charge in [-0.25, -0.2) is 0 Å². The summed E-state index contributed by atoms with van der Waals surface area (Å²) in [4.78, 5) is 15.7. The van der Waals surface area contributed by atoms with Gasteiger partial charge in [-0.15, -0.1) is 0 Å². The van der Waals surface area contributed by atoms with Crippen LogP contribution >= 0.6 is 11.6 Å². The Morgan fingerprint density at radius 2 is 1.76 bits per heavy atom. The number of halogens is 1. The van der Waals surface area contributed by atoms with Crippen molar-refractivity contribution >= 4 is 30.1 Å². The first-order chi connectivity index (χ1) is 17.5. The maximum Gasteiger partial charge on any atom is 0.177 e. The van der Waals surface area contributed by atoms with E-state index in [4.69, 9.17) is 26.3 Å². The molecule has 0 spiro atoms. The Hall–Kier alpha value is -3.30. The quantitative estimate of drug-likeness (QED) is 0.248. The monoisotopic (exact) mass is 514 g/mol. The lowest BCUT2D eigenvalue weighted by Gasteiger charge is -2.35. The van der Waals surface area contributed by atoms with E-state index in [-0.39, 0.29) is 17.4 Å². The molecule has 0 atom stereocenters. The topological polar surface area (TPSA) is 72.2 Å².